The molecule has 5 aliphatic heterocycles. The fourth-order valence-electron chi connectivity index (χ4n) is 12.9. The minimum atomic E-state index is -4.16. The van der Waals surface area contributed by atoms with Crippen LogP contribution in [0.3, 0.4) is 0 Å². The van der Waals surface area contributed by atoms with E-state index in [-0.39, 0.29) is 73.0 Å². The molecule has 5 saturated heterocycles. The summed E-state index contributed by atoms with van der Waals surface area (Å²) in [7, 11) is -8.33. The summed E-state index contributed by atoms with van der Waals surface area (Å²) in [6.07, 6.45) is 10.1. The lowest BCUT2D eigenvalue weighted by Gasteiger charge is -2.38. The minimum absolute atomic E-state index is 0.00987. The molecule has 4 saturated carbocycles. The van der Waals surface area contributed by atoms with E-state index in [0.717, 1.165) is 6.42 Å². The van der Waals surface area contributed by atoms with Crippen LogP contribution in [0.15, 0.2) is 0 Å². The zero-order valence-electron chi connectivity index (χ0n) is 29.4. The molecule has 9 aliphatic rings. The molecule has 0 spiro atoms. The SMILES string of the molecule is CC1CCC2C3NC(NC4NC(NC5NC(NC6NC(N3)C3CC(S(=O)(=O)O)CCC63)C3CC(S(=O)(=O)O)CCC53)C3CC(C)CCC43)C2C1. The number of nitrogens with one attached hydrogen (secondary N) is 8. The van der Waals surface area contributed by atoms with E-state index in [1.54, 1.807) is 0 Å². The van der Waals surface area contributed by atoms with Crippen molar-refractivity contribution in [3.05, 3.63) is 0 Å². The quantitative estimate of drug-likeness (QED) is 0.178. The number of hydrogen-bond donors (Lipinski definition) is 10. The van der Waals surface area contributed by atoms with Gasteiger partial charge in [-0.1, -0.05) is 26.7 Å². The Morgan fingerprint density at radius 3 is 0.880 bits per heavy atom. The van der Waals surface area contributed by atoms with E-state index in [0.29, 0.717) is 74.0 Å². The van der Waals surface area contributed by atoms with Gasteiger partial charge < -0.3 is 0 Å². The Balaban J connectivity index is 1.07. The van der Waals surface area contributed by atoms with Crippen molar-refractivity contribution in [1.82, 2.24) is 42.5 Å². The Morgan fingerprint density at radius 2 is 0.600 bits per heavy atom. The summed E-state index contributed by atoms with van der Waals surface area (Å²) in [4.78, 5) is 0. The third-order valence-corrected chi connectivity index (χ3v) is 17.9. The Labute approximate surface area is 297 Å². The summed E-state index contributed by atoms with van der Waals surface area (Å²) in [5, 5.41) is 30.4. The van der Waals surface area contributed by atoms with Gasteiger partial charge in [0.25, 0.3) is 20.2 Å². The van der Waals surface area contributed by atoms with Gasteiger partial charge in [-0.05, 0) is 123 Å². The molecule has 20 unspecified atom stereocenters. The van der Waals surface area contributed by atoms with Gasteiger partial charge in [0.1, 0.15) is 0 Å². The predicted molar refractivity (Wildman–Crippen MR) is 188 cm³/mol. The van der Waals surface area contributed by atoms with E-state index in [1.807, 2.05) is 0 Å². The third kappa shape index (κ3) is 6.32. The van der Waals surface area contributed by atoms with Crippen molar-refractivity contribution in [2.75, 3.05) is 0 Å². The van der Waals surface area contributed by atoms with Crippen LogP contribution in [-0.4, -0.2) is 85.8 Å². The van der Waals surface area contributed by atoms with Gasteiger partial charge in [0.2, 0.25) is 0 Å². The van der Waals surface area contributed by atoms with Gasteiger partial charge in [-0.15, -0.1) is 0 Å². The third-order valence-electron chi connectivity index (χ3n) is 15.4. The number of hydrogen-bond acceptors (Lipinski definition) is 12. The maximum absolute atomic E-state index is 12.4. The molecule has 16 heteroatoms. The van der Waals surface area contributed by atoms with Crippen LogP contribution in [0.25, 0.3) is 0 Å². The predicted octanol–water partition coefficient (Wildman–Crippen LogP) is 0.830. The van der Waals surface area contributed by atoms with Crippen LogP contribution in [0.2, 0.25) is 0 Å². The maximum Gasteiger partial charge on any atom is 0.267 e. The zero-order chi connectivity index (χ0) is 34.7. The molecule has 0 radical (unpaired) electrons. The van der Waals surface area contributed by atoms with E-state index in [9.17, 15) is 25.9 Å². The Morgan fingerprint density at radius 1 is 0.360 bits per heavy atom. The molecular formula is C34H60N8O6S2. The van der Waals surface area contributed by atoms with E-state index in [4.69, 9.17) is 0 Å². The lowest BCUT2D eigenvalue weighted by atomic mass is 9.73. The first kappa shape index (κ1) is 35.2. The molecule has 0 aromatic carbocycles. The van der Waals surface area contributed by atoms with E-state index in [1.165, 1.54) is 32.1 Å². The van der Waals surface area contributed by atoms with Crippen molar-refractivity contribution < 1.29 is 25.9 Å². The first-order valence-corrected chi connectivity index (χ1v) is 22.8. The topological polar surface area (TPSA) is 205 Å². The van der Waals surface area contributed by atoms with Gasteiger partial charge >= 0.3 is 0 Å². The second-order valence-corrected chi connectivity index (χ2v) is 21.6. The molecule has 4 aliphatic carbocycles. The molecular weight excluding hydrogens is 681 g/mol. The van der Waals surface area contributed by atoms with Crippen molar-refractivity contribution in [1.29, 1.82) is 0 Å². The normalized spacial score (nSPS) is 55.1. The van der Waals surface area contributed by atoms with Gasteiger partial charge in [0.05, 0.1) is 59.8 Å². The summed E-state index contributed by atoms with van der Waals surface area (Å²) >= 11 is 0. The second-order valence-electron chi connectivity index (χ2n) is 18.2. The van der Waals surface area contributed by atoms with Crippen LogP contribution in [0.4, 0.5) is 0 Å². The highest BCUT2D eigenvalue weighted by Gasteiger charge is 2.56. The summed E-state index contributed by atoms with van der Waals surface area (Å²) < 4.78 is 70.0. The molecule has 14 nitrogen and oxygen atoms in total. The van der Waals surface area contributed by atoms with Crippen LogP contribution in [0.5, 0.6) is 0 Å². The fourth-order valence-corrected chi connectivity index (χ4v) is 14.7. The highest BCUT2D eigenvalue weighted by atomic mass is 32.2. The van der Waals surface area contributed by atoms with Gasteiger partial charge in [0.15, 0.2) is 0 Å². The monoisotopic (exact) mass is 740 g/mol. The molecule has 284 valence electrons. The summed E-state index contributed by atoms with van der Waals surface area (Å²) in [5.41, 5.74) is 0. The molecule has 9 rings (SSSR count). The van der Waals surface area contributed by atoms with E-state index >= 15 is 0 Å². The highest BCUT2D eigenvalue weighted by molar-refractivity contribution is 7.86. The van der Waals surface area contributed by atoms with Crippen LogP contribution < -0.4 is 42.5 Å². The first-order valence-electron chi connectivity index (χ1n) is 19.8. The number of rotatable bonds is 2. The van der Waals surface area contributed by atoms with Gasteiger partial charge in [-0.2, -0.15) is 16.8 Å². The van der Waals surface area contributed by atoms with Gasteiger partial charge in [-0.3, -0.25) is 51.6 Å². The van der Waals surface area contributed by atoms with Crippen LogP contribution >= 0.6 is 0 Å². The van der Waals surface area contributed by atoms with Crippen molar-refractivity contribution in [2.24, 2.45) is 59.2 Å². The summed E-state index contributed by atoms with van der Waals surface area (Å²) in [6.45, 7) is 4.76. The molecule has 0 amide bonds. The number of fused-ring (bicyclic) bond motifs is 20. The molecule has 5 heterocycles. The molecule has 50 heavy (non-hydrogen) atoms. The van der Waals surface area contributed by atoms with E-state index in [2.05, 4.69) is 56.4 Å². The summed E-state index contributed by atoms with van der Waals surface area (Å²) in [6, 6.07) is 0. The molecule has 9 fully saturated rings. The van der Waals surface area contributed by atoms with Crippen molar-refractivity contribution in [3.8, 4) is 0 Å². The Bertz CT molecular complexity index is 1470. The average molecular weight is 741 g/mol. The summed E-state index contributed by atoms with van der Waals surface area (Å²) in [5.74, 6) is 3.58. The smallest absolute Gasteiger partial charge is 0.267 e. The highest BCUT2D eigenvalue weighted by Crippen LogP contribution is 2.47. The Kier molecular flexibility index (Phi) is 9.21. The van der Waals surface area contributed by atoms with Crippen molar-refractivity contribution >= 4 is 20.2 Å². The van der Waals surface area contributed by atoms with Crippen molar-refractivity contribution in [3.63, 3.8) is 0 Å². The Hall–Kier alpha value is -0.500. The van der Waals surface area contributed by atoms with Crippen LogP contribution in [0.1, 0.15) is 90.9 Å². The fraction of sp³-hybridized carbons (Fsp3) is 1.00. The lowest BCUT2D eigenvalue weighted by molar-refractivity contribution is 0.141. The van der Waals surface area contributed by atoms with Crippen LogP contribution in [0, 0.1) is 59.2 Å². The minimum Gasteiger partial charge on any atom is -0.286 e. The van der Waals surface area contributed by atoms with Gasteiger partial charge in [-0.25, -0.2) is 0 Å². The molecule has 0 aromatic rings. The largest absolute Gasteiger partial charge is 0.286 e. The van der Waals surface area contributed by atoms with Gasteiger partial charge in [0, 0.05) is 0 Å². The van der Waals surface area contributed by atoms with Crippen molar-refractivity contribution in [2.45, 2.75) is 151 Å². The maximum atomic E-state index is 12.4. The standard InChI is InChI=1S/C34H60N8O6S2/c1-15-3-7-19-23(11-15)32-36-27(19)35-31-24-12-16(2)4-8-20(24)28(37-31)39-33-26-14-18(50(46,47)48)6-10-22(26)30(41-33)42-34-25-13-17(49(43,44)45)5-9-21(25)29(38-32)40-34/h15-42H,3-14H2,1-2H3,(H,43,44,45)(H,46,47,48). The molecule has 20 atom stereocenters. The zero-order valence-corrected chi connectivity index (χ0v) is 31.0. The first-order chi connectivity index (χ1) is 23.8. The lowest BCUT2D eigenvalue weighted by Crippen LogP contribution is -2.61. The van der Waals surface area contributed by atoms with E-state index < -0.39 is 30.7 Å². The molecule has 8 bridgehead atoms. The second kappa shape index (κ2) is 13.1. The average Bonchev–Trinajstić information content (AvgIpc) is 3.78. The van der Waals surface area contributed by atoms with Crippen LogP contribution in [-0.2, 0) is 20.2 Å². The molecule has 0 aromatic heterocycles. The molecule has 10 N–H and O–H groups in total.